The molecule has 3 fully saturated rings. The van der Waals surface area contributed by atoms with Gasteiger partial charge in [0.25, 0.3) is 5.91 Å². The van der Waals surface area contributed by atoms with Crippen LogP contribution in [0.2, 0.25) is 5.02 Å². The van der Waals surface area contributed by atoms with Gasteiger partial charge in [-0.05, 0) is 62.1 Å². The molecule has 2 aromatic carbocycles. The number of para-hydroxylation sites is 1. The Balaban J connectivity index is 1.63. The Kier molecular flexibility index (Phi) is 10.6. The Morgan fingerprint density at radius 1 is 1.15 bits per heavy atom. The van der Waals surface area contributed by atoms with E-state index in [0.29, 0.717) is 35.2 Å². The second kappa shape index (κ2) is 14.1. The van der Waals surface area contributed by atoms with Gasteiger partial charge < -0.3 is 29.3 Å². The fourth-order valence-electron chi connectivity index (χ4n) is 7.66. The molecule has 3 heterocycles. The average Bonchev–Trinajstić information content (AvgIpc) is 3.63. The number of fused-ring (bicyclic) bond motifs is 1. The molecule has 5 rings (SSSR count). The summed E-state index contributed by atoms with van der Waals surface area (Å²) >= 11 is 10.5. The van der Waals surface area contributed by atoms with Crippen LogP contribution in [-0.2, 0) is 19.1 Å². The fraction of sp³-hybridized carbons (Fsp3) is 0.472. The van der Waals surface area contributed by atoms with Gasteiger partial charge in [-0.2, -0.15) is 0 Å². The summed E-state index contributed by atoms with van der Waals surface area (Å²) in [5.41, 5.74) is 0.583. The maximum absolute atomic E-state index is 15.0. The summed E-state index contributed by atoms with van der Waals surface area (Å²) in [5, 5.41) is 11.0. The third-order valence-corrected chi connectivity index (χ3v) is 10.8. The SMILES string of the molecule is C=CCN(C(=O)[C@H]1[C@@H]2OC3(CC2Br)C(C(=O)N(CC=C)c2c(C)cccc2Cl)N([C@@H](CO)C(C)C)C(=O)[C@H]13)c1ccc(OCC)cc1. The number of amides is 3. The fourth-order valence-corrected chi connectivity index (χ4v) is 8.93. The number of halogens is 2. The smallest absolute Gasteiger partial charge is 0.253 e. The van der Waals surface area contributed by atoms with Crippen LogP contribution < -0.4 is 14.5 Å². The zero-order chi connectivity index (χ0) is 34.2. The number of hydrogen-bond donors (Lipinski definition) is 1. The summed E-state index contributed by atoms with van der Waals surface area (Å²) in [7, 11) is 0. The largest absolute Gasteiger partial charge is 0.494 e. The van der Waals surface area contributed by atoms with Crippen molar-refractivity contribution in [3.63, 3.8) is 0 Å². The van der Waals surface area contributed by atoms with Crippen molar-refractivity contribution < 1.29 is 29.0 Å². The highest BCUT2D eigenvalue weighted by atomic mass is 79.9. The van der Waals surface area contributed by atoms with Crippen LogP contribution in [0.4, 0.5) is 11.4 Å². The number of benzene rings is 2. The van der Waals surface area contributed by atoms with Gasteiger partial charge in [-0.25, -0.2) is 0 Å². The molecule has 3 amide bonds. The van der Waals surface area contributed by atoms with Crippen molar-refractivity contribution >= 4 is 56.6 Å². The van der Waals surface area contributed by atoms with Crippen LogP contribution in [0.5, 0.6) is 5.75 Å². The molecule has 3 saturated heterocycles. The van der Waals surface area contributed by atoms with Crippen molar-refractivity contribution in [2.24, 2.45) is 17.8 Å². The monoisotopic (exact) mass is 727 g/mol. The molecule has 252 valence electrons. The van der Waals surface area contributed by atoms with Crippen LogP contribution in [0.3, 0.4) is 0 Å². The van der Waals surface area contributed by atoms with E-state index in [1.807, 2.05) is 39.8 Å². The highest BCUT2D eigenvalue weighted by molar-refractivity contribution is 9.09. The summed E-state index contributed by atoms with van der Waals surface area (Å²) in [4.78, 5) is 48.8. The number of carbonyl (C=O) groups excluding carboxylic acids is 3. The molecule has 0 radical (unpaired) electrons. The Hall–Kier alpha value is -3.18. The predicted molar refractivity (Wildman–Crippen MR) is 187 cm³/mol. The van der Waals surface area contributed by atoms with Crippen molar-refractivity contribution in [2.45, 2.75) is 62.7 Å². The molecule has 2 bridgehead atoms. The van der Waals surface area contributed by atoms with Gasteiger partial charge in [0.2, 0.25) is 11.8 Å². The molecule has 3 aliphatic heterocycles. The van der Waals surface area contributed by atoms with Crippen molar-refractivity contribution in [2.75, 3.05) is 36.1 Å². The van der Waals surface area contributed by atoms with E-state index in [9.17, 15) is 14.7 Å². The first kappa shape index (κ1) is 35.1. The van der Waals surface area contributed by atoms with E-state index in [-0.39, 0.29) is 42.3 Å². The number of anilines is 2. The molecule has 0 aliphatic carbocycles. The van der Waals surface area contributed by atoms with Gasteiger partial charge >= 0.3 is 0 Å². The Labute approximate surface area is 290 Å². The van der Waals surface area contributed by atoms with Crippen LogP contribution in [0, 0.1) is 24.7 Å². The predicted octanol–water partition coefficient (Wildman–Crippen LogP) is 5.55. The molecular weight excluding hydrogens is 686 g/mol. The summed E-state index contributed by atoms with van der Waals surface area (Å²) in [6, 6.07) is 10.8. The quantitative estimate of drug-likeness (QED) is 0.215. The lowest BCUT2D eigenvalue weighted by molar-refractivity contribution is -0.145. The van der Waals surface area contributed by atoms with Gasteiger partial charge in [0, 0.05) is 23.6 Å². The second-order valence-corrected chi connectivity index (χ2v) is 14.3. The first-order valence-electron chi connectivity index (χ1n) is 16.0. The molecule has 3 unspecified atom stereocenters. The van der Waals surface area contributed by atoms with Gasteiger partial charge in [-0.15, -0.1) is 13.2 Å². The van der Waals surface area contributed by atoms with Crippen LogP contribution in [0.25, 0.3) is 0 Å². The molecule has 0 aromatic heterocycles. The highest BCUT2D eigenvalue weighted by Crippen LogP contribution is 2.61. The topological polar surface area (TPSA) is 99.6 Å². The number of aliphatic hydroxyl groups is 1. The van der Waals surface area contributed by atoms with Crippen molar-refractivity contribution in [3.05, 3.63) is 78.4 Å². The van der Waals surface area contributed by atoms with E-state index in [0.717, 1.165) is 5.56 Å². The Morgan fingerprint density at radius 2 is 1.81 bits per heavy atom. The molecule has 1 N–H and O–H groups in total. The molecule has 2 aromatic rings. The molecule has 1 spiro atoms. The Bertz CT molecular complexity index is 1510. The number of rotatable bonds is 13. The molecule has 0 saturated carbocycles. The van der Waals surface area contributed by atoms with Crippen LogP contribution >= 0.6 is 27.5 Å². The molecular formula is C36H43BrClN3O6. The highest BCUT2D eigenvalue weighted by Gasteiger charge is 2.77. The summed E-state index contributed by atoms with van der Waals surface area (Å²) in [6.45, 7) is 15.8. The number of carbonyl (C=O) groups is 3. The van der Waals surface area contributed by atoms with Crippen LogP contribution in [0.1, 0.15) is 32.8 Å². The maximum Gasteiger partial charge on any atom is 0.253 e. The third-order valence-electron chi connectivity index (χ3n) is 9.63. The Morgan fingerprint density at radius 3 is 2.38 bits per heavy atom. The van der Waals surface area contributed by atoms with Crippen molar-refractivity contribution in [1.29, 1.82) is 0 Å². The number of likely N-dealkylation sites (tertiary alicyclic amines) is 1. The van der Waals surface area contributed by atoms with E-state index >= 15 is 4.79 Å². The summed E-state index contributed by atoms with van der Waals surface area (Å²) < 4.78 is 12.4. The number of hydrogen-bond acceptors (Lipinski definition) is 6. The second-order valence-electron chi connectivity index (χ2n) is 12.7. The molecule has 9 nitrogen and oxygen atoms in total. The summed E-state index contributed by atoms with van der Waals surface area (Å²) in [6.07, 6.45) is 2.91. The minimum Gasteiger partial charge on any atom is -0.494 e. The van der Waals surface area contributed by atoms with Gasteiger partial charge in [-0.3, -0.25) is 14.4 Å². The summed E-state index contributed by atoms with van der Waals surface area (Å²) in [5.74, 6) is -2.45. The van der Waals surface area contributed by atoms with E-state index in [4.69, 9.17) is 21.1 Å². The van der Waals surface area contributed by atoms with E-state index in [1.54, 1.807) is 52.3 Å². The lowest BCUT2D eigenvalue weighted by Gasteiger charge is -2.40. The maximum atomic E-state index is 15.0. The molecule has 47 heavy (non-hydrogen) atoms. The number of ether oxygens (including phenoxy) is 2. The molecule has 7 atom stereocenters. The number of aliphatic hydroxyl groups excluding tert-OH is 1. The number of aryl methyl sites for hydroxylation is 1. The number of alkyl halides is 1. The van der Waals surface area contributed by atoms with E-state index in [1.165, 1.54) is 4.90 Å². The standard InChI is InChI=1S/C36H43BrClN3O6/c1-7-17-39(23-13-15-24(16-14-23)46-9-3)33(43)28-29-34(44)41(27(20-42)21(4)5)32(36(29)19-25(37)31(28)47-36)35(45)40(18-8-2)30-22(6)11-10-12-26(30)38/h7-8,10-16,21,25,27-29,31-32,42H,1-2,9,17-20H2,3-6H3/t25?,27-,28+,29-,31+,32?,36?/m0/s1. The minimum atomic E-state index is -1.33. The zero-order valence-electron chi connectivity index (χ0n) is 27.3. The van der Waals surface area contributed by atoms with Crippen LogP contribution in [-0.4, -0.2) is 82.6 Å². The lowest BCUT2D eigenvalue weighted by atomic mass is 9.70. The third kappa shape index (κ3) is 5.92. The molecule has 11 heteroatoms. The van der Waals surface area contributed by atoms with Gasteiger partial charge in [0.1, 0.15) is 17.4 Å². The van der Waals surface area contributed by atoms with Crippen molar-refractivity contribution in [1.82, 2.24) is 4.90 Å². The average molecular weight is 729 g/mol. The first-order chi connectivity index (χ1) is 22.5. The van der Waals surface area contributed by atoms with Gasteiger partial charge in [-0.1, -0.05) is 65.7 Å². The minimum absolute atomic E-state index is 0.128. The van der Waals surface area contributed by atoms with E-state index < -0.39 is 41.5 Å². The first-order valence-corrected chi connectivity index (χ1v) is 17.3. The molecule has 3 aliphatic rings. The van der Waals surface area contributed by atoms with Crippen LogP contribution in [0.15, 0.2) is 67.8 Å². The van der Waals surface area contributed by atoms with E-state index in [2.05, 4.69) is 29.1 Å². The van der Waals surface area contributed by atoms with Crippen molar-refractivity contribution in [3.8, 4) is 5.75 Å². The van der Waals surface area contributed by atoms with Gasteiger partial charge in [0.05, 0.1) is 47.9 Å². The van der Waals surface area contributed by atoms with Gasteiger partial charge in [0.15, 0.2) is 0 Å². The normalized spacial score (nSPS) is 26.7. The zero-order valence-corrected chi connectivity index (χ0v) is 29.6. The lowest BCUT2D eigenvalue weighted by Crippen LogP contribution is -2.60. The number of nitrogens with zero attached hydrogens (tertiary/aromatic N) is 3.